The van der Waals surface area contributed by atoms with Gasteiger partial charge in [0.05, 0.1) is 45.1 Å². The van der Waals surface area contributed by atoms with Gasteiger partial charge in [-0.3, -0.25) is 4.98 Å². The van der Waals surface area contributed by atoms with Gasteiger partial charge in [-0.15, -0.1) is 0 Å². The van der Waals surface area contributed by atoms with E-state index in [0.29, 0.717) is 5.56 Å². The van der Waals surface area contributed by atoms with Gasteiger partial charge in [-0.25, -0.2) is 0 Å². The topological polar surface area (TPSA) is 46.5 Å². The number of fused-ring (bicyclic) bond motifs is 6. The Morgan fingerprint density at radius 2 is 0.904 bits per heavy atom. The van der Waals surface area contributed by atoms with Gasteiger partial charge in [0, 0.05) is 45.1 Å². The van der Waals surface area contributed by atoms with Gasteiger partial charge in [-0.05, 0) is 95.1 Å². The van der Waals surface area contributed by atoms with E-state index in [1.54, 1.807) is 12.4 Å². The summed E-state index contributed by atoms with van der Waals surface area (Å²) in [6.45, 7) is 0. The van der Waals surface area contributed by atoms with E-state index in [1.165, 1.54) is 38.3 Å². The molecule has 0 aliphatic heterocycles. The molecule has 0 N–H and O–H groups in total. The molecule has 0 amide bonds. The summed E-state index contributed by atoms with van der Waals surface area (Å²) in [5.74, 6) is 0. The van der Waals surface area contributed by atoms with E-state index in [0.717, 1.165) is 50.0 Å². The number of hydrogen-bond donors (Lipinski definition) is 0. The molecule has 4 nitrogen and oxygen atoms in total. The van der Waals surface area contributed by atoms with Crippen molar-refractivity contribution in [3.05, 3.63) is 188 Å². The lowest BCUT2D eigenvalue weighted by Gasteiger charge is -2.17. The number of benzene rings is 7. The van der Waals surface area contributed by atoms with Crippen LogP contribution in [0.5, 0.6) is 0 Å². The lowest BCUT2D eigenvalue weighted by atomic mass is 9.96. The molecule has 0 saturated heterocycles. The Labute approximate surface area is 300 Å². The second-order valence-corrected chi connectivity index (χ2v) is 13.1. The zero-order valence-corrected chi connectivity index (χ0v) is 28.1. The third-order valence-corrected chi connectivity index (χ3v) is 10.3. The monoisotopic (exact) mass is 662 g/mol. The van der Waals surface area contributed by atoms with E-state index in [2.05, 4.69) is 166 Å². The van der Waals surface area contributed by atoms with Crippen LogP contribution in [0.25, 0.3) is 88.4 Å². The van der Waals surface area contributed by atoms with Crippen molar-refractivity contribution in [1.29, 1.82) is 5.26 Å². The van der Waals surface area contributed by atoms with E-state index in [1.807, 2.05) is 24.3 Å². The van der Waals surface area contributed by atoms with E-state index < -0.39 is 0 Å². The van der Waals surface area contributed by atoms with Crippen LogP contribution in [-0.4, -0.2) is 14.1 Å². The maximum Gasteiger partial charge on any atom is 0.0991 e. The fraction of sp³-hybridized carbons (Fsp3) is 0. The second kappa shape index (κ2) is 12.0. The Bertz CT molecular complexity index is 2960. The highest BCUT2D eigenvalue weighted by molar-refractivity contribution is 6.12. The molecule has 3 aromatic heterocycles. The molecule has 10 aromatic rings. The first-order valence-electron chi connectivity index (χ1n) is 17.4. The van der Waals surface area contributed by atoms with Crippen LogP contribution in [0.4, 0.5) is 0 Å². The number of nitriles is 1. The number of aromatic nitrogens is 3. The summed E-state index contributed by atoms with van der Waals surface area (Å²) in [5.41, 5.74) is 14.0. The van der Waals surface area contributed by atoms with Crippen LogP contribution in [0.3, 0.4) is 0 Å². The Balaban J connectivity index is 1.26. The number of nitrogens with zero attached hydrogens (tertiary/aromatic N) is 4. The smallest absolute Gasteiger partial charge is 0.0991 e. The van der Waals surface area contributed by atoms with Crippen LogP contribution < -0.4 is 0 Å². The molecule has 242 valence electrons. The summed E-state index contributed by atoms with van der Waals surface area (Å²) in [6.07, 6.45) is 3.60. The lowest BCUT2D eigenvalue weighted by Crippen LogP contribution is -1.99. The molecule has 0 spiro atoms. The molecule has 10 rings (SSSR count). The quantitative estimate of drug-likeness (QED) is 0.184. The number of hydrogen-bond acceptors (Lipinski definition) is 2. The largest absolute Gasteiger partial charge is 0.309 e. The predicted molar refractivity (Wildman–Crippen MR) is 214 cm³/mol. The van der Waals surface area contributed by atoms with Crippen LogP contribution in [0, 0.1) is 11.3 Å². The fourth-order valence-electron chi connectivity index (χ4n) is 7.92. The van der Waals surface area contributed by atoms with Gasteiger partial charge < -0.3 is 9.13 Å². The molecule has 0 atom stereocenters. The van der Waals surface area contributed by atoms with Gasteiger partial charge >= 0.3 is 0 Å². The maximum absolute atomic E-state index is 9.84. The molecule has 0 unspecified atom stereocenters. The Kier molecular flexibility index (Phi) is 6.84. The third-order valence-electron chi connectivity index (χ3n) is 10.3. The molecule has 52 heavy (non-hydrogen) atoms. The van der Waals surface area contributed by atoms with E-state index in [-0.39, 0.29) is 0 Å². The molecule has 0 saturated carbocycles. The van der Waals surface area contributed by atoms with Crippen molar-refractivity contribution in [2.24, 2.45) is 0 Å². The predicted octanol–water partition coefficient (Wildman–Crippen LogP) is 12.1. The standard InChI is InChI=1S/C48H30N4/c49-31-32-18-21-46(40(28-32)34-24-26-50-27-25-34)52-45-17-9-6-14-39(45)42-30-36(20-23-48(42)52)41-29-35(33-10-2-1-3-11-33)19-22-47(41)51-43-15-7-4-12-37(43)38-13-5-8-16-44(38)51/h1-30H. The van der Waals surface area contributed by atoms with E-state index in [9.17, 15) is 5.26 Å². The maximum atomic E-state index is 9.84. The average molecular weight is 663 g/mol. The summed E-state index contributed by atoms with van der Waals surface area (Å²) in [7, 11) is 0. The van der Waals surface area contributed by atoms with Gasteiger partial charge in [-0.1, -0.05) is 97.1 Å². The van der Waals surface area contributed by atoms with Gasteiger partial charge in [0.1, 0.15) is 0 Å². The third kappa shape index (κ3) is 4.65. The Morgan fingerprint density at radius 3 is 1.54 bits per heavy atom. The molecule has 0 aliphatic carbocycles. The molecular formula is C48H30N4. The van der Waals surface area contributed by atoms with Gasteiger partial charge in [0.2, 0.25) is 0 Å². The highest BCUT2D eigenvalue weighted by atomic mass is 15.0. The van der Waals surface area contributed by atoms with Crippen LogP contribution >= 0.6 is 0 Å². The zero-order chi connectivity index (χ0) is 34.6. The van der Waals surface area contributed by atoms with E-state index >= 15 is 0 Å². The molecule has 3 heterocycles. The minimum Gasteiger partial charge on any atom is -0.309 e. The zero-order valence-electron chi connectivity index (χ0n) is 28.1. The van der Waals surface area contributed by atoms with Crippen molar-refractivity contribution in [3.63, 3.8) is 0 Å². The molecule has 0 bridgehead atoms. The lowest BCUT2D eigenvalue weighted by molar-refractivity contribution is 1.18. The van der Waals surface area contributed by atoms with Crippen molar-refractivity contribution in [2.45, 2.75) is 0 Å². The van der Waals surface area contributed by atoms with Crippen molar-refractivity contribution in [3.8, 4) is 50.8 Å². The Hall–Kier alpha value is -7.22. The van der Waals surface area contributed by atoms with Gasteiger partial charge in [0.15, 0.2) is 0 Å². The number of pyridine rings is 1. The highest BCUT2D eigenvalue weighted by Gasteiger charge is 2.20. The summed E-state index contributed by atoms with van der Waals surface area (Å²) in [4.78, 5) is 4.26. The summed E-state index contributed by atoms with van der Waals surface area (Å²) < 4.78 is 4.75. The minimum absolute atomic E-state index is 0.620. The summed E-state index contributed by atoms with van der Waals surface area (Å²) in [6, 6.07) is 62.6. The van der Waals surface area contributed by atoms with Crippen molar-refractivity contribution in [2.75, 3.05) is 0 Å². The van der Waals surface area contributed by atoms with Crippen LogP contribution in [0.1, 0.15) is 5.56 Å². The van der Waals surface area contributed by atoms with Crippen molar-refractivity contribution in [1.82, 2.24) is 14.1 Å². The normalized spacial score (nSPS) is 11.4. The second-order valence-electron chi connectivity index (χ2n) is 13.1. The summed E-state index contributed by atoms with van der Waals surface area (Å²) >= 11 is 0. The van der Waals surface area contributed by atoms with Crippen LogP contribution in [0.2, 0.25) is 0 Å². The number of para-hydroxylation sites is 3. The molecule has 0 aliphatic rings. The van der Waals surface area contributed by atoms with Crippen molar-refractivity contribution >= 4 is 43.6 Å². The van der Waals surface area contributed by atoms with E-state index in [4.69, 9.17) is 0 Å². The van der Waals surface area contributed by atoms with Crippen molar-refractivity contribution < 1.29 is 0 Å². The molecule has 7 aromatic carbocycles. The highest BCUT2D eigenvalue weighted by Crippen LogP contribution is 2.42. The first-order chi connectivity index (χ1) is 25.8. The summed E-state index contributed by atoms with van der Waals surface area (Å²) in [5, 5.41) is 14.6. The van der Waals surface area contributed by atoms with Crippen LogP contribution in [-0.2, 0) is 0 Å². The average Bonchev–Trinajstić information content (AvgIpc) is 3.73. The first kappa shape index (κ1) is 29.7. The fourth-order valence-corrected chi connectivity index (χ4v) is 7.92. The minimum atomic E-state index is 0.620. The molecule has 0 fully saturated rings. The number of rotatable bonds is 5. The van der Waals surface area contributed by atoms with Crippen LogP contribution in [0.15, 0.2) is 182 Å². The van der Waals surface area contributed by atoms with Gasteiger partial charge in [-0.2, -0.15) is 5.26 Å². The van der Waals surface area contributed by atoms with Gasteiger partial charge in [0.25, 0.3) is 0 Å². The molecular weight excluding hydrogens is 633 g/mol. The SMILES string of the molecule is N#Cc1ccc(-n2c3ccccc3c3cc(-c4cc(-c5ccccc5)ccc4-n4c5ccccc5c5ccccc54)ccc32)c(-c2ccncc2)c1. The molecule has 0 radical (unpaired) electrons. The first-order valence-corrected chi connectivity index (χ1v) is 17.4. The Morgan fingerprint density at radius 1 is 0.385 bits per heavy atom. The molecule has 4 heteroatoms.